The number of allylic oxidation sites excluding steroid dienone is 1. The third-order valence-electron chi connectivity index (χ3n) is 3.84. The zero-order chi connectivity index (χ0) is 21.8. The van der Waals surface area contributed by atoms with E-state index in [0.29, 0.717) is 11.3 Å². The minimum atomic E-state index is -0.260. The topological polar surface area (TPSA) is 81.7 Å². The van der Waals surface area contributed by atoms with Crippen molar-refractivity contribution in [2.75, 3.05) is 48.8 Å². The number of carbonyl (C=O) groups is 1. The predicted molar refractivity (Wildman–Crippen MR) is 110 cm³/mol. The van der Waals surface area contributed by atoms with Gasteiger partial charge < -0.3 is 33.2 Å². The van der Waals surface area contributed by atoms with Gasteiger partial charge in [0.1, 0.15) is 5.75 Å². The molecule has 30 heavy (non-hydrogen) atoms. The van der Waals surface area contributed by atoms with Crippen molar-refractivity contribution in [2.24, 2.45) is 0 Å². The molecule has 0 radical (unpaired) electrons. The Labute approximate surface area is 175 Å². The Kier molecular flexibility index (Phi) is 9.66. The second-order valence-corrected chi connectivity index (χ2v) is 5.89. The first-order chi connectivity index (χ1) is 14.6. The van der Waals surface area contributed by atoms with Gasteiger partial charge in [-0.1, -0.05) is 18.2 Å². The summed E-state index contributed by atoms with van der Waals surface area (Å²) in [5.41, 5.74) is 1.11. The lowest BCUT2D eigenvalue weighted by Crippen LogP contribution is -2.09. The second-order valence-electron chi connectivity index (χ2n) is 5.89. The molecule has 0 heterocycles. The highest BCUT2D eigenvalue weighted by atomic mass is 16.7. The number of ketones is 1. The summed E-state index contributed by atoms with van der Waals surface area (Å²) in [6.07, 6.45) is 3.13. The van der Waals surface area contributed by atoms with E-state index in [1.54, 1.807) is 25.3 Å². The van der Waals surface area contributed by atoms with Gasteiger partial charge >= 0.3 is 0 Å². The maximum atomic E-state index is 12.8. The first kappa shape index (κ1) is 23.2. The molecule has 0 aliphatic carbocycles. The average Bonchev–Trinajstić information content (AvgIpc) is 2.78. The van der Waals surface area contributed by atoms with Gasteiger partial charge in [-0.2, -0.15) is 0 Å². The molecule has 2 aromatic carbocycles. The van der Waals surface area contributed by atoms with Gasteiger partial charge in [0.15, 0.2) is 37.7 Å². The highest BCUT2D eigenvalue weighted by molar-refractivity contribution is 6.07. The van der Waals surface area contributed by atoms with E-state index in [4.69, 9.17) is 33.2 Å². The molecule has 0 amide bonds. The van der Waals surface area contributed by atoms with Crippen LogP contribution in [0.15, 0.2) is 42.5 Å². The molecule has 2 rings (SSSR count). The number of methoxy groups -OCH3 is 4. The minimum absolute atomic E-state index is 0.0340. The number of carbonyl (C=O) groups excluding carboxylic acids is 1. The number of hydrogen-bond donors (Lipinski definition) is 0. The molecule has 0 aliphatic rings. The summed E-state index contributed by atoms with van der Waals surface area (Å²) >= 11 is 0. The number of ether oxygens (including phenoxy) is 7. The van der Waals surface area contributed by atoms with E-state index in [2.05, 4.69) is 0 Å². The van der Waals surface area contributed by atoms with Gasteiger partial charge in [0, 0.05) is 32.5 Å². The average molecular weight is 418 g/mol. The zero-order valence-electron chi connectivity index (χ0n) is 17.5. The van der Waals surface area contributed by atoms with E-state index in [1.165, 1.54) is 27.4 Å². The molecule has 162 valence electrons. The van der Waals surface area contributed by atoms with Crippen LogP contribution in [0.3, 0.4) is 0 Å². The SMILES string of the molecule is COCOc1cc(C(=O)/C=C/c2ccccc2OC)cc(OCOC)c1OCOC. The predicted octanol–water partition coefficient (Wildman–Crippen LogP) is 3.54. The minimum Gasteiger partial charge on any atom is -0.496 e. The molecule has 0 aromatic heterocycles. The molecule has 0 atom stereocenters. The molecule has 0 fully saturated rings. The van der Waals surface area contributed by atoms with E-state index in [-0.39, 0.29) is 43.4 Å². The zero-order valence-corrected chi connectivity index (χ0v) is 17.5. The van der Waals surface area contributed by atoms with Crippen LogP contribution < -0.4 is 18.9 Å². The molecule has 2 aromatic rings. The molecule has 0 bridgehead atoms. The smallest absolute Gasteiger partial charge is 0.206 e. The van der Waals surface area contributed by atoms with E-state index in [0.717, 1.165) is 5.56 Å². The fourth-order valence-corrected chi connectivity index (χ4v) is 2.50. The molecular formula is C22H26O8. The van der Waals surface area contributed by atoms with Crippen molar-refractivity contribution in [3.63, 3.8) is 0 Å². The summed E-state index contributed by atoms with van der Waals surface area (Å²) in [6.45, 7) is -0.114. The molecule has 0 spiro atoms. The van der Waals surface area contributed by atoms with Gasteiger partial charge in [0.25, 0.3) is 0 Å². The first-order valence-electron chi connectivity index (χ1n) is 9.03. The number of rotatable bonds is 13. The van der Waals surface area contributed by atoms with Crippen molar-refractivity contribution < 1.29 is 38.0 Å². The largest absolute Gasteiger partial charge is 0.496 e. The maximum absolute atomic E-state index is 12.8. The summed E-state index contributed by atoms with van der Waals surface area (Å²) in [6, 6.07) is 10.5. The van der Waals surface area contributed by atoms with E-state index >= 15 is 0 Å². The Morgan fingerprint density at radius 3 is 1.93 bits per heavy atom. The number of para-hydroxylation sites is 1. The van der Waals surface area contributed by atoms with Crippen molar-refractivity contribution >= 4 is 11.9 Å². The molecular weight excluding hydrogens is 392 g/mol. The fraction of sp³-hybridized carbons (Fsp3) is 0.318. The van der Waals surface area contributed by atoms with Crippen LogP contribution in [-0.2, 0) is 14.2 Å². The third kappa shape index (κ3) is 6.48. The van der Waals surface area contributed by atoms with E-state index < -0.39 is 0 Å². The van der Waals surface area contributed by atoms with Gasteiger partial charge in [-0.05, 0) is 30.4 Å². The van der Waals surface area contributed by atoms with Crippen LogP contribution in [0.4, 0.5) is 0 Å². The van der Waals surface area contributed by atoms with Gasteiger partial charge in [0.05, 0.1) is 7.11 Å². The van der Waals surface area contributed by atoms with Crippen molar-refractivity contribution in [3.8, 4) is 23.0 Å². The summed E-state index contributed by atoms with van der Waals surface area (Å²) in [5, 5.41) is 0. The molecule has 8 heteroatoms. The van der Waals surface area contributed by atoms with Crippen LogP contribution in [-0.4, -0.2) is 54.6 Å². The molecule has 0 saturated carbocycles. The molecule has 8 nitrogen and oxygen atoms in total. The normalized spacial score (nSPS) is 10.8. The van der Waals surface area contributed by atoms with Crippen LogP contribution in [0.5, 0.6) is 23.0 Å². The van der Waals surface area contributed by atoms with Gasteiger partial charge in [0.2, 0.25) is 5.75 Å². The van der Waals surface area contributed by atoms with Crippen LogP contribution >= 0.6 is 0 Å². The highest BCUT2D eigenvalue weighted by Crippen LogP contribution is 2.39. The Morgan fingerprint density at radius 1 is 0.800 bits per heavy atom. The molecule has 0 unspecified atom stereocenters. The Bertz CT molecular complexity index is 818. The van der Waals surface area contributed by atoms with Crippen molar-refractivity contribution in [2.45, 2.75) is 0 Å². The lowest BCUT2D eigenvalue weighted by atomic mass is 10.1. The standard InChI is InChI=1S/C22H26O8/c1-24-13-28-20-11-17(12-21(29-14-25-2)22(20)30-15-26-3)18(23)10-9-16-7-5-6-8-19(16)27-4/h5-12H,13-15H2,1-4H3/b10-9+. The fourth-order valence-electron chi connectivity index (χ4n) is 2.50. The number of benzene rings is 2. The Balaban J connectivity index is 2.39. The third-order valence-corrected chi connectivity index (χ3v) is 3.84. The van der Waals surface area contributed by atoms with Crippen molar-refractivity contribution in [1.82, 2.24) is 0 Å². The van der Waals surface area contributed by atoms with Gasteiger partial charge in [-0.15, -0.1) is 0 Å². The van der Waals surface area contributed by atoms with E-state index in [1.807, 2.05) is 24.3 Å². The Hall–Kier alpha value is -3.07. The monoisotopic (exact) mass is 418 g/mol. The van der Waals surface area contributed by atoms with E-state index in [9.17, 15) is 4.79 Å². The van der Waals surface area contributed by atoms with Gasteiger partial charge in [-0.3, -0.25) is 4.79 Å². The summed E-state index contributed by atoms with van der Waals surface area (Å²) in [5.74, 6) is 1.23. The van der Waals surface area contributed by atoms with Crippen LogP contribution in [0.2, 0.25) is 0 Å². The lowest BCUT2D eigenvalue weighted by Gasteiger charge is -2.17. The Morgan fingerprint density at radius 2 is 1.37 bits per heavy atom. The van der Waals surface area contributed by atoms with Crippen molar-refractivity contribution in [1.29, 1.82) is 0 Å². The molecule has 0 N–H and O–H groups in total. The van der Waals surface area contributed by atoms with Gasteiger partial charge in [-0.25, -0.2) is 0 Å². The molecule has 0 saturated heterocycles. The summed E-state index contributed by atoms with van der Waals surface area (Å²) < 4.78 is 36.9. The number of hydrogen-bond acceptors (Lipinski definition) is 8. The lowest BCUT2D eigenvalue weighted by molar-refractivity contribution is 0.0217. The van der Waals surface area contributed by atoms with Crippen molar-refractivity contribution in [3.05, 3.63) is 53.6 Å². The summed E-state index contributed by atoms with van der Waals surface area (Å²) in [4.78, 5) is 12.8. The van der Waals surface area contributed by atoms with Crippen LogP contribution in [0.1, 0.15) is 15.9 Å². The first-order valence-corrected chi connectivity index (χ1v) is 9.03. The maximum Gasteiger partial charge on any atom is 0.206 e. The second kappa shape index (κ2) is 12.5. The van der Waals surface area contributed by atoms with Crippen LogP contribution in [0.25, 0.3) is 6.08 Å². The highest BCUT2D eigenvalue weighted by Gasteiger charge is 2.18. The van der Waals surface area contributed by atoms with Crippen LogP contribution in [0, 0.1) is 0 Å². The molecule has 0 aliphatic heterocycles. The summed E-state index contributed by atoms with van der Waals surface area (Å²) in [7, 11) is 6.05. The quantitative estimate of drug-likeness (QED) is 0.278.